The van der Waals surface area contributed by atoms with Crippen LogP contribution in [0.1, 0.15) is 30.2 Å². The van der Waals surface area contributed by atoms with Crippen LogP contribution < -0.4 is 4.74 Å². The van der Waals surface area contributed by atoms with E-state index in [4.69, 9.17) is 14.0 Å². The fourth-order valence-corrected chi connectivity index (χ4v) is 2.85. The van der Waals surface area contributed by atoms with Crippen LogP contribution in [0.2, 0.25) is 0 Å². The number of nitrogens with zero attached hydrogens (tertiary/aromatic N) is 1. The number of carbonyl (C=O) groups excluding carboxylic acids is 1. The van der Waals surface area contributed by atoms with Crippen molar-refractivity contribution in [3.8, 4) is 17.0 Å². The highest BCUT2D eigenvalue weighted by Crippen LogP contribution is 2.36. The van der Waals surface area contributed by atoms with Crippen LogP contribution in [0, 0.1) is 0 Å². The van der Waals surface area contributed by atoms with Gasteiger partial charge in [0.25, 0.3) is 0 Å². The molecule has 0 amide bonds. The number of hydrogen-bond acceptors (Lipinski definition) is 5. The molecule has 116 valence electrons. The van der Waals surface area contributed by atoms with E-state index in [1.807, 2.05) is 18.2 Å². The zero-order chi connectivity index (χ0) is 15.5. The number of carbonyl (C=O) groups is 1. The summed E-state index contributed by atoms with van der Waals surface area (Å²) in [5.74, 6) is 1.45. The first-order chi connectivity index (χ1) is 10.7. The Kier molecular flexibility index (Phi) is 4.13. The maximum absolute atomic E-state index is 11.5. The molecular formula is C17H19NO4. The Morgan fingerprint density at radius 1 is 1.36 bits per heavy atom. The molecule has 0 spiro atoms. The zero-order valence-electron chi connectivity index (χ0n) is 12.8. The molecular weight excluding hydrogens is 282 g/mol. The van der Waals surface area contributed by atoms with Crippen LogP contribution in [0.3, 0.4) is 0 Å². The number of esters is 1. The first-order valence-electron chi connectivity index (χ1n) is 7.53. The third-order valence-corrected chi connectivity index (χ3v) is 3.94. The van der Waals surface area contributed by atoms with Gasteiger partial charge in [0.1, 0.15) is 17.2 Å². The molecule has 1 aromatic heterocycles. The van der Waals surface area contributed by atoms with Crippen molar-refractivity contribution in [2.24, 2.45) is 0 Å². The normalized spacial score (nSPS) is 12.5. The van der Waals surface area contributed by atoms with E-state index in [0.717, 1.165) is 41.2 Å². The second-order valence-electron chi connectivity index (χ2n) is 5.26. The number of aryl methyl sites for hydroxylation is 2. The van der Waals surface area contributed by atoms with Gasteiger partial charge >= 0.3 is 5.97 Å². The smallest absolute Gasteiger partial charge is 0.306 e. The van der Waals surface area contributed by atoms with Crippen molar-refractivity contribution in [1.29, 1.82) is 0 Å². The molecule has 1 heterocycles. The lowest BCUT2D eigenvalue weighted by Crippen LogP contribution is -2.07. The van der Waals surface area contributed by atoms with E-state index in [9.17, 15) is 4.79 Å². The van der Waals surface area contributed by atoms with Crippen molar-refractivity contribution >= 4 is 5.97 Å². The topological polar surface area (TPSA) is 61.6 Å². The molecule has 0 saturated carbocycles. The van der Waals surface area contributed by atoms with E-state index in [-0.39, 0.29) is 5.97 Å². The van der Waals surface area contributed by atoms with Gasteiger partial charge in [0.05, 0.1) is 20.1 Å². The van der Waals surface area contributed by atoms with Gasteiger partial charge in [-0.25, -0.2) is 0 Å². The van der Waals surface area contributed by atoms with Crippen LogP contribution in [0.4, 0.5) is 0 Å². The first kappa shape index (κ1) is 14.6. The molecule has 5 heteroatoms. The van der Waals surface area contributed by atoms with Crippen molar-refractivity contribution in [3.63, 3.8) is 0 Å². The molecule has 0 N–H and O–H groups in total. The number of methoxy groups -OCH3 is 1. The van der Waals surface area contributed by atoms with Gasteiger partial charge in [0.2, 0.25) is 0 Å². The van der Waals surface area contributed by atoms with Crippen molar-refractivity contribution in [1.82, 2.24) is 5.16 Å². The quantitative estimate of drug-likeness (QED) is 0.795. The highest BCUT2D eigenvalue weighted by Gasteiger charge is 2.24. The Hall–Kier alpha value is -2.30. The summed E-state index contributed by atoms with van der Waals surface area (Å²) in [6.07, 6.45) is 2.65. The second kappa shape index (κ2) is 6.22. The molecule has 0 atom stereocenters. The fourth-order valence-electron chi connectivity index (χ4n) is 2.85. The number of aromatic nitrogens is 1. The molecule has 22 heavy (non-hydrogen) atoms. The summed E-state index contributed by atoms with van der Waals surface area (Å²) in [6.45, 7) is 2.21. The average Bonchev–Trinajstić information content (AvgIpc) is 2.96. The van der Waals surface area contributed by atoms with E-state index in [0.29, 0.717) is 19.4 Å². The average molecular weight is 301 g/mol. The Balaban J connectivity index is 1.82. The van der Waals surface area contributed by atoms with Gasteiger partial charge < -0.3 is 14.0 Å². The number of rotatable bonds is 5. The van der Waals surface area contributed by atoms with Gasteiger partial charge in [-0.3, -0.25) is 4.79 Å². The third kappa shape index (κ3) is 2.71. The lowest BCUT2D eigenvalue weighted by atomic mass is 9.88. The molecule has 2 aromatic rings. The maximum Gasteiger partial charge on any atom is 0.306 e. The van der Waals surface area contributed by atoms with Crippen molar-refractivity contribution in [2.75, 3.05) is 13.7 Å². The van der Waals surface area contributed by atoms with Crippen molar-refractivity contribution < 1.29 is 18.8 Å². The molecule has 1 aliphatic rings. The zero-order valence-corrected chi connectivity index (χ0v) is 12.8. The van der Waals surface area contributed by atoms with E-state index in [1.165, 1.54) is 5.56 Å². The molecule has 0 fully saturated rings. The summed E-state index contributed by atoms with van der Waals surface area (Å²) >= 11 is 0. The highest BCUT2D eigenvalue weighted by atomic mass is 16.5. The van der Waals surface area contributed by atoms with Crippen molar-refractivity contribution in [2.45, 2.75) is 32.6 Å². The SMILES string of the molecule is CCOC(=O)CCc1onc2c1CCc1cc(OC)ccc1-2. The van der Waals surface area contributed by atoms with E-state index in [1.54, 1.807) is 14.0 Å². The Bertz CT molecular complexity index is 690. The summed E-state index contributed by atoms with van der Waals surface area (Å²) in [5, 5.41) is 4.21. The predicted molar refractivity (Wildman–Crippen MR) is 80.9 cm³/mol. The van der Waals surface area contributed by atoms with E-state index in [2.05, 4.69) is 5.16 Å². The summed E-state index contributed by atoms with van der Waals surface area (Å²) in [7, 11) is 1.67. The van der Waals surface area contributed by atoms with Crippen LogP contribution in [0.25, 0.3) is 11.3 Å². The van der Waals surface area contributed by atoms with Crippen LogP contribution >= 0.6 is 0 Å². The Labute approximate surface area is 129 Å². The van der Waals surface area contributed by atoms with Gasteiger partial charge in [-0.2, -0.15) is 0 Å². The fraction of sp³-hybridized carbons (Fsp3) is 0.412. The van der Waals surface area contributed by atoms with Gasteiger partial charge in [0, 0.05) is 17.5 Å². The molecule has 0 bridgehead atoms. The van der Waals surface area contributed by atoms with Gasteiger partial charge in [-0.1, -0.05) is 5.16 Å². The largest absolute Gasteiger partial charge is 0.497 e. The molecule has 0 radical (unpaired) electrons. The number of fused-ring (bicyclic) bond motifs is 3. The minimum atomic E-state index is -0.200. The lowest BCUT2D eigenvalue weighted by Gasteiger charge is -2.16. The van der Waals surface area contributed by atoms with Crippen LogP contribution in [-0.4, -0.2) is 24.8 Å². The van der Waals surface area contributed by atoms with E-state index >= 15 is 0 Å². The molecule has 0 aliphatic heterocycles. The number of benzene rings is 1. The predicted octanol–water partition coefficient (Wildman–Crippen LogP) is 2.94. The molecule has 3 rings (SSSR count). The van der Waals surface area contributed by atoms with Crippen LogP contribution in [0.15, 0.2) is 22.7 Å². The van der Waals surface area contributed by atoms with Gasteiger partial charge in [-0.15, -0.1) is 0 Å². The third-order valence-electron chi connectivity index (χ3n) is 3.94. The summed E-state index contributed by atoms with van der Waals surface area (Å²) in [5.41, 5.74) is 4.31. The van der Waals surface area contributed by atoms with Crippen molar-refractivity contribution in [3.05, 3.63) is 35.1 Å². The lowest BCUT2D eigenvalue weighted by molar-refractivity contribution is -0.143. The Morgan fingerprint density at radius 3 is 3.00 bits per heavy atom. The monoisotopic (exact) mass is 301 g/mol. The van der Waals surface area contributed by atoms with Crippen LogP contribution in [0.5, 0.6) is 5.75 Å². The standard InChI is InChI=1S/C17H19NO4/c1-3-21-16(19)9-8-15-14-6-4-11-10-12(20-2)5-7-13(11)17(14)18-22-15/h5,7,10H,3-4,6,8-9H2,1-2H3. The molecule has 1 aliphatic carbocycles. The summed E-state index contributed by atoms with van der Waals surface area (Å²) in [6, 6.07) is 6.00. The van der Waals surface area contributed by atoms with Crippen LogP contribution in [-0.2, 0) is 28.8 Å². The summed E-state index contributed by atoms with van der Waals surface area (Å²) < 4.78 is 15.7. The number of ether oxygens (including phenoxy) is 2. The summed E-state index contributed by atoms with van der Waals surface area (Å²) in [4.78, 5) is 11.5. The van der Waals surface area contributed by atoms with Gasteiger partial charge in [0.15, 0.2) is 0 Å². The minimum absolute atomic E-state index is 0.200. The minimum Gasteiger partial charge on any atom is -0.497 e. The maximum atomic E-state index is 11.5. The molecule has 1 aromatic carbocycles. The molecule has 5 nitrogen and oxygen atoms in total. The highest BCUT2D eigenvalue weighted by molar-refractivity contribution is 5.72. The molecule has 0 unspecified atom stereocenters. The number of hydrogen-bond donors (Lipinski definition) is 0. The van der Waals surface area contributed by atoms with Gasteiger partial charge in [-0.05, 0) is 43.5 Å². The second-order valence-corrected chi connectivity index (χ2v) is 5.26. The molecule has 0 saturated heterocycles. The van der Waals surface area contributed by atoms with E-state index < -0.39 is 0 Å². The first-order valence-corrected chi connectivity index (χ1v) is 7.53. The Morgan fingerprint density at radius 2 is 2.23 bits per heavy atom.